The fourth-order valence-corrected chi connectivity index (χ4v) is 8.33. The zero-order chi connectivity index (χ0) is 46.1. The number of carbonyl (C=O) groups excluding carboxylic acids is 7. The average molecular weight is 887 g/mol. The summed E-state index contributed by atoms with van der Waals surface area (Å²) in [6.07, 6.45) is 4.85. The van der Waals surface area contributed by atoms with Crippen LogP contribution in [0.2, 0.25) is 0 Å². The van der Waals surface area contributed by atoms with Crippen molar-refractivity contribution in [2.24, 2.45) is 11.7 Å². The van der Waals surface area contributed by atoms with E-state index >= 15 is 4.79 Å². The average Bonchev–Trinajstić information content (AvgIpc) is 3.77. The minimum atomic E-state index is -1.29. The van der Waals surface area contributed by atoms with Gasteiger partial charge in [-0.1, -0.05) is 130 Å². The van der Waals surface area contributed by atoms with E-state index in [4.69, 9.17) is 15.2 Å². The molecule has 0 radical (unpaired) electrons. The minimum absolute atomic E-state index is 0.0367. The summed E-state index contributed by atoms with van der Waals surface area (Å²) >= 11 is 0. The number of likely N-dealkylation sites (tertiary alicyclic amines) is 1. The van der Waals surface area contributed by atoms with Crippen LogP contribution in [-0.4, -0.2) is 83.4 Å². The van der Waals surface area contributed by atoms with Gasteiger partial charge in [0.05, 0.1) is 30.9 Å². The molecule has 1 saturated carbocycles. The van der Waals surface area contributed by atoms with Crippen molar-refractivity contribution in [3.63, 3.8) is 0 Å². The molecule has 6 N–H and O–H groups in total. The molecular weight excluding hydrogens is 829 g/mol. The molecule has 0 bridgehead atoms. The number of nitrogens with zero attached hydrogens (tertiary/aromatic N) is 1. The largest absolute Gasteiger partial charge is 0.457 e. The SMILES string of the molecule is CCCCC(NC(=O)[C@@H]1C[C@@H](OCc2ccccc2)CN1C(=O)C(NC(=O)c1ccccc1Oc1ccccc1)C1CCCCC1)C(=O)C(=O)NCC(=O)NC(C(N)=O)c1ccccc1. The maximum absolute atomic E-state index is 15.0. The number of hydrogen-bond donors (Lipinski definition) is 5. The highest BCUT2D eigenvalue weighted by atomic mass is 16.5. The number of benzene rings is 4. The van der Waals surface area contributed by atoms with Gasteiger partial charge in [-0.05, 0) is 60.6 Å². The van der Waals surface area contributed by atoms with E-state index in [1.165, 1.54) is 4.90 Å². The fourth-order valence-electron chi connectivity index (χ4n) is 8.33. The van der Waals surface area contributed by atoms with E-state index in [1.54, 1.807) is 66.7 Å². The molecule has 6 rings (SSSR count). The molecule has 1 aliphatic heterocycles. The molecule has 4 aromatic rings. The number of ketones is 1. The van der Waals surface area contributed by atoms with Crippen molar-refractivity contribution in [1.82, 2.24) is 26.2 Å². The van der Waals surface area contributed by atoms with E-state index in [2.05, 4.69) is 21.3 Å². The van der Waals surface area contributed by atoms with Crippen LogP contribution in [0.25, 0.3) is 0 Å². The Balaban J connectivity index is 1.20. The number of nitrogens with one attached hydrogen (secondary N) is 4. The molecule has 342 valence electrons. The smallest absolute Gasteiger partial charge is 0.290 e. The number of nitrogens with two attached hydrogens (primary N) is 1. The molecule has 2 aliphatic rings. The third-order valence-electron chi connectivity index (χ3n) is 11.8. The van der Waals surface area contributed by atoms with Gasteiger partial charge in [-0.25, -0.2) is 0 Å². The number of carbonyl (C=O) groups is 7. The van der Waals surface area contributed by atoms with Crippen LogP contribution < -0.4 is 31.7 Å². The summed E-state index contributed by atoms with van der Waals surface area (Å²) < 4.78 is 12.4. The first kappa shape index (κ1) is 47.6. The summed E-state index contributed by atoms with van der Waals surface area (Å²) in [6, 6.07) is 29.1. The monoisotopic (exact) mass is 886 g/mol. The Morgan fingerprint density at radius 1 is 0.769 bits per heavy atom. The molecule has 0 aromatic heterocycles. The number of ether oxygens (including phenoxy) is 2. The quantitative estimate of drug-likeness (QED) is 0.0708. The molecule has 15 heteroatoms. The van der Waals surface area contributed by atoms with E-state index < -0.39 is 78.0 Å². The van der Waals surface area contributed by atoms with Crippen molar-refractivity contribution in [3.05, 3.63) is 132 Å². The molecule has 6 amide bonds. The van der Waals surface area contributed by atoms with Gasteiger partial charge < -0.3 is 41.4 Å². The molecule has 1 saturated heterocycles. The van der Waals surface area contributed by atoms with Crippen LogP contribution in [0.15, 0.2) is 115 Å². The highest BCUT2D eigenvalue weighted by Gasteiger charge is 2.45. The molecule has 15 nitrogen and oxygen atoms in total. The number of Topliss-reactive ketones (excluding diaryl/α,β-unsaturated/α-hetero) is 1. The molecule has 1 heterocycles. The Morgan fingerprint density at radius 3 is 2.09 bits per heavy atom. The van der Waals surface area contributed by atoms with Gasteiger partial charge >= 0.3 is 0 Å². The summed E-state index contributed by atoms with van der Waals surface area (Å²) in [7, 11) is 0. The van der Waals surface area contributed by atoms with Crippen LogP contribution in [-0.2, 0) is 40.1 Å². The van der Waals surface area contributed by atoms with Crippen LogP contribution >= 0.6 is 0 Å². The maximum atomic E-state index is 15.0. The van der Waals surface area contributed by atoms with Crippen molar-refractivity contribution in [1.29, 1.82) is 0 Å². The number of amides is 6. The van der Waals surface area contributed by atoms with Crippen LogP contribution in [0.5, 0.6) is 11.5 Å². The van der Waals surface area contributed by atoms with Gasteiger partial charge in [0.2, 0.25) is 29.4 Å². The second-order valence-corrected chi connectivity index (χ2v) is 16.5. The summed E-state index contributed by atoms with van der Waals surface area (Å²) in [4.78, 5) is 97.1. The summed E-state index contributed by atoms with van der Waals surface area (Å²) in [5.41, 5.74) is 7.10. The van der Waals surface area contributed by atoms with E-state index in [-0.39, 0.29) is 37.5 Å². The maximum Gasteiger partial charge on any atom is 0.290 e. The van der Waals surface area contributed by atoms with Gasteiger partial charge in [-0.3, -0.25) is 33.6 Å². The van der Waals surface area contributed by atoms with Crippen molar-refractivity contribution in [2.45, 2.75) is 102 Å². The first-order valence-corrected chi connectivity index (χ1v) is 22.4. The van der Waals surface area contributed by atoms with Crippen molar-refractivity contribution >= 4 is 41.2 Å². The molecule has 65 heavy (non-hydrogen) atoms. The van der Waals surface area contributed by atoms with Crippen LogP contribution in [0, 0.1) is 5.92 Å². The van der Waals surface area contributed by atoms with Gasteiger partial charge in [0.1, 0.15) is 29.6 Å². The van der Waals surface area contributed by atoms with Crippen molar-refractivity contribution in [2.75, 3.05) is 13.1 Å². The van der Waals surface area contributed by atoms with E-state index in [0.29, 0.717) is 42.7 Å². The zero-order valence-corrected chi connectivity index (χ0v) is 36.6. The van der Waals surface area contributed by atoms with Crippen molar-refractivity contribution < 1.29 is 43.0 Å². The predicted octanol–water partition coefficient (Wildman–Crippen LogP) is 5.05. The van der Waals surface area contributed by atoms with E-state index in [0.717, 1.165) is 24.8 Å². The molecule has 4 aromatic carbocycles. The Hall–Kier alpha value is -6.87. The highest BCUT2D eigenvalue weighted by Crippen LogP contribution is 2.32. The van der Waals surface area contributed by atoms with Gasteiger partial charge in [0.15, 0.2) is 0 Å². The van der Waals surface area contributed by atoms with E-state index in [9.17, 15) is 28.8 Å². The third kappa shape index (κ3) is 13.3. The summed E-state index contributed by atoms with van der Waals surface area (Å²) in [6.45, 7) is 1.51. The Kier molecular flexibility index (Phi) is 17.4. The first-order valence-electron chi connectivity index (χ1n) is 22.4. The number of rotatable bonds is 21. The summed E-state index contributed by atoms with van der Waals surface area (Å²) in [5.74, 6) is -4.66. The lowest BCUT2D eigenvalue weighted by molar-refractivity contribution is -0.143. The highest BCUT2D eigenvalue weighted by molar-refractivity contribution is 6.38. The first-order chi connectivity index (χ1) is 31.5. The Labute approximate surface area is 379 Å². The lowest BCUT2D eigenvalue weighted by atomic mass is 9.83. The molecule has 2 fully saturated rings. The Morgan fingerprint density at radius 2 is 1.42 bits per heavy atom. The molecule has 5 atom stereocenters. The number of hydrogen-bond acceptors (Lipinski definition) is 9. The third-order valence-corrected chi connectivity index (χ3v) is 11.8. The zero-order valence-electron chi connectivity index (χ0n) is 36.6. The minimum Gasteiger partial charge on any atom is -0.457 e. The fraction of sp³-hybridized carbons (Fsp3) is 0.380. The number of primary amides is 1. The second kappa shape index (κ2) is 23.7. The van der Waals surface area contributed by atoms with Crippen molar-refractivity contribution in [3.8, 4) is 11.5 Å². The van der Waals surface area contributed by atoms with Gasteiger partial charge in [0.25, 0.3) is 11.8 Å². The van der Waals surface area contributed by atoms with Crippen LogP contribution in [0.3, 0.4) is 0 Å². The lowest BCUT2D eigenvalue weighted by Gasteiger charge is -2.35. The second-order valence-electron chi connectivity index (χ2n) is 16.5. The topological polar surface area (TPSA) is 215 Å². The van der Waals surface area contributed by atoms with Gasteiger partial charge in [0, 0.05) is 13.0 Å². The van der Waals surface area contributed by atoms with Gasteiger partial charge in [-0.15, -0.1) is 0 Å². The molecular formula is C50H58N6O9. The van der Waals surface area contributed by atoms with Crippen LogP contribution in [0.4, 0.5) is 0 Å². The number of para-hydroxylation sites is 2. The normalized spacial score (nSPS) is 17.5. The van der Waals surface area contributed by atoms with Gasteiger partial charge in [-0.2, -0.15) is 0 Å². The molecule has 1 aliphatic carbocycles. The van der Waals surface area contributed by atoms with Crippen LogP contribution in [0.1, 0.15) is 92.2 Å². The number of unbranched alkanes of at least 4 members (excludes halogenated alkanes) is 1. The Bertz CT molecular complexity index is 2250. The standard InChI is InChI=1S/C50H58N6O9/c1-2-3-27-39(45(58)49(62)52-30-42(57)54-43(46(51)59)34-20-10-5-11-21-34)53-48(61)40-29-37(64-32-33-18-8-4-9-19-33)31-56(40)50(63)44(35-22-12-6-13-23-35)55-47(60)38-26-16-17-28-41(38)65-36-24-14-7-15-25-36/h4-5,7-11,14-21,24-26,28,35,37,39-40,43-44H,2-3,6,12-13,22-23,27,29-32H2,1H3,(H2,51,59)(H,52,62)(H,53,61)(H,54,57)(H,55,60)/t37-,39?,40+,43?,44?/m1/s1. The predicted molar refractivity (Wildman–Crippen MR) is 242 cm³/mol. The molecule has 0 spiro atoms. The van der Waals surface area contributed by atoms with E-state index in [1.807, 2.05) is 55.5 Å². The lowest BCUT2D eigenvalue weighted by Crippen LogP contribution is -2.58. The summed E-state index contributed by atoms with van der Waals surface area (Å²) in [5, 5.41) is 10.6. The molecule has 3 unspecified atom stereocenters.